The smallest absolute Gasteiger partial charge is 0.148 e. The van der Waals surface area contributed by atoms with Gasteiger partial charge in [-0.2, -0.15) is 0 Å². The zero-order valence-corrected chi connectivity index (χ0v) is 16.9. The number of hydrogen-bond donors (Lipinski definition) is 0. The number of methoxy groups -OCH3 is 1. The average molecular weight is 383 g/mol. The molecule has 3 atom stereocenters. The Kier molecular flexibility index (Phi) is 4.80. The molecule has 6 rings (SSSR count). The molecule has 1 aromatic carbocycles. The molecular formula is C21H30N6O. The Morgan fingerprint density at radius 1 is 1.11 bits per heavy atom. The summed E-state index contributed by atoms with van der Waals surface area (Å²) < 4.78 is 7.65. The van der Waals surface area contributed by atoms with E-state index in [9.17, 15) is 0 Å². The lowest BCUT2D eigenvalue weighted by molar-refractivity contribution is -0.00709. The number of rotatable bonds is 6. The Morgan fingerprint density at radius 3 is 2.68 bits per heavy atom. The number of fused-ring (bicyclic) bond motifs is 2. The number of ether oxygens (including phenoxy) is 1. The van der Waals surface area contributed by atoms with Gasteiger partial charge in [0.25, 0.3) is 0 Å². The third-order valence-electron chi connectivity index (χ3n) is 7.16. The largest absolute Gasteiger partial charge is 0.496 e. The molecule has 4 fully saturated rings. The van der Waals surface area contributed by atoms with E-state index in [-0.39, 0.29) is 0 Å². The minimum Gasteiger partial charge on any atom is -0.496 e. The standard InChI is InChI=1S/C21H30N6O/c1-15-22-23-24-27(15)11-5-10-26-14-18(17-6-3-4-7-19(17)28-2)21-20(26)16-8-12-25(21)13-9-16/h3-4,6-7,16,18,20-21H,5,8-14H2,1-2H3/t18-,20+,21+/m0/s1. The molecule has 28 heavy (non-hydrogen) atoms. The number of aromatic nitrogens is 4. The van der Waals surface area contributed by atoms with Crippen LogP contribution >= 0.6 is 0 Å². The fraction of sp³-hybridized carbons (Fsp3) is 0.667. The monoisotopic (exact) mass is 382 g/mol. The number of benzene rings is 1. The highest BCUT2D eigenvalue weighted by Crippen LogP contribution is 2.48. The summed E-state index contributed by atoms with van der Waals surface area (Å²) in [6.07, 6.45) is 3.78. The van der Waals surface area contributed by atoms with Gasteiger partial charge in [-0.1, -0.05) is 18.2 Å². The Morgan fingerprint density at radius 2 is 1.93 bits per heavy atom. The van der Waals surface area contributed by atoms with Crippen molar-refractivity contribution in [2.24, 2.45) is 5.92 Å². The summed E-state index contributed by atoms with van der Waals surface area (Å²) in [5.41, 5.74) is 1.38. The van der Waals surface area contributed by atoms with Gasteiger partial charge in [0.05, 0.1) is 7.11 Å². The molecule has 0 radical (unpaired) electrons. The van der Waals surface area contributed by atoms with E-state index in [2.05, 4.69) is 49.6 Å². The second-order valence-electron chi connectivity index (χ2n) is 8.50. The van der Waals surface area contributed by atoms with Gasteiger partial charge in [-0.15, -0.1) is 5.10 Å². The Bertz CT molecular complexity index is 815. The Labute approximate surface area is 166 Å². The highest BCUT2D eigenvalue weighted by Gasteiger charge is 2.53. The van der Waals surface area contributed by atoms with Crippen LogP contribution in [0.15, 0.2) is 24.3 Å². The predicted molar refractivity (Wildman–Crippen MR) is 106 cm³/mol. The SMILES string of the molecule is COc1ccccc1[C@@H]1CN(CCCn2nnnc2C)[C@@H]2C3CCN(CC3)[C@@H]21. The normalized spacial score (nSPS) is 31.9. The molecular weight excluding hydrogens is 352 g/mol. The summed E-state index contributed by atoms with van der Waals surface area (Å²) in [5, 5.41) is 11.9. The van der Waals surface area contributed by atoms with Gasteiger partial charge in [-0.3, -0.25) is 9.80 Å². The first-order valence-electron chi connectivity index (χ1n) is 10.6. The number of hydrogen-bond acceptors (Lipinski definition) is 6. The van der Waals surface area contributed by atoms with Crippen LogP contribution in [0, 0.1) is 12.8 Å². The minimum absolute atomic E-state index is 0.527. The van der Waals surface area contributed by atoms with E-state index in [0.717, 1.165) is 43.5 Å². The molecule has 0 aliphatic carbocycles. The quantitative estimate of drug-likeness (QED) is 0.761. The molecule has 4 aliphatic rings. The fourth-order valence-electron chi connectivity index (χ4n) is 5.92. The van der Waals surface area contributed by atoms with E-state index < -0.39 is 0 Å². The van der Waals surface area contributed by atoms with E-state index in [1.807, 2.05) is 11.6 Å². The Hall–Kier alpha value is -1.99. The van der Waals surface area contributed by atoms with Crippen LogP contribution in [0.3, 0.4) is 0 Å². The van der Waals surface area contributed by atoms with Crippen molar-refractivity contribution in [2.75, 3.05) is 33.3 Å². The van der Waals surface area contributed by atoms with Crippen molar-refractivity contribution in [1.82, 2.24) is 30.0 Å². The van der Waals surface area contributed by atoms with Crippen LogP contribution in [0.1, 0.15) is 36.6 Å². The number of tetrazole rings is 1. The first-order valence-corrected chi connectivity index (χ1v) is 10.6. The van der Waals surface area contributed by atoms with E-state index >= 15 is 0 Å². The van der Waals surface area contributed by atoms with Gasteiger partial charge in [0, 0.05) is 43.2 Å². The molecule has 4 aliphatic heterocycles. The van der Waals surface area contributed by atoms with Crippen LogP contribution in [0.5, 0.6) is 5.75 Å². The molecule has 0 unspecified atom stereocenters. The molecule has 7 heteroatoms. The first-order chi connectivity index (χ1) is 13.8. The second kappa shape index (κ2) is 7.44. The van der Waals surface area contributed by atoms with Crippen LogP contribution < -0.4 is 4.74 Å². The summed E-state index contributed by atoms with van der Waals surface area (Å²) >= 11 is 0. The van der Waals surface area contributed by atoms with Crippen molar-refractivity contribution in [3.05, 3.63) is 35.7 Å². The number of piperidine rings is 3. The molecule has 5 heterocycles. The number of nitrogens with zero attached hydrogens (tertiary/aromatic N) is 6. The molecule has 0 amide bonds. The van der Waals surface area contributed by atoms with Crippen molar-refractivity contribution in [2.45, 2.75) is 50.7 Å². The third-order valence-corrected chi connectivity index (χ3v) is 7.16. The summed E-state index contributed by atoms with van der Waals surface area (Å²) in [6.45, 7) is 7.61. The van der Waals surface area contributed by atoms with E-state index in [4.69, 9.17) is 4.74 Å². The van der Waals surface area contributed by atoms with E-state index in [1.54, 1.807) is 7.11 Å². The van der Waals surface area contributed by atoms with Crippen LogP contribution in [0.4, 0.5) is 0 Å². The van der Waals surface area contributed by atoms with Gasteiger partial charge in [-0.25, -0.2) is 4.68 Å². The molecule has 2 bridgehead atoms. The Balaban J connectivity index is 1.37. The maximum atomic E-state index is 5.73. The molecule has 0 saturated carbocycles. The van der Waals surface area contributed by atoms with Crippen molar-refractivity contribution in [3.8, 4) is 5.75 Å². The van der Waals surface area contributed by atoms with Gasteiger partial charge in [0.2, 0.25) is 0 Å². The van der Waals surface area contributed by atoms with Crippen LogP contribution in [-0.4, -0.2) is 75.4 Å². The zero-order chi connectivity index (χ0) is 19.1. The molecule has 1 aromatic heterocycles. The van der Waals surface area contributed by atoms with Gasteiger partial charge in [0.1, 0.15) is 11.6 Å². The molecule has 150 valence electrons. The van der Waals surface area contributed by atoms with Gasteiger partial charge < -0.3 is 4.74 Å². The maximum Gasteiger partial charge on any atom is 0.148 e. The lowest BCUT2D eigenvalue weighted by Gasteiger charge is -2.51. The predicted octanol–water partition coefficient (Wildman–Crippen LogP) is 1.94. The average Bonchev–Trinajstić information content (AvgIpc) is 3.34. The van der Waals surface area contributed by atoms with E-state index in [1.165, 1.54) is 31.5 Å². The van der Waals surface area contributed by atoms with Gasteiger partial charge in [-0.05, 0) is 61.7 Å². The maximum absolute atomic E-state index is 5.73. The topological polar surface area (TPSA) is 59.3 Å². The zero-order valence-electron chi connectivity index (χ0n) is 16.9. The third kappa shape index (κ3) is 3.01. The number of likely N-dealkylation sites (tertiary alicyclic amines) is 1. The van der Waals surface area contributed by atoms with E-state index in [0.29, 0.717) is 18.0 Å². The summed E-state index contributed by atoms with van der Waals surface area (Å²) in [6, 6.07) is 9.92. The summed E-state index contributed by atoms with van der Waals surface area (Å²) in [7, 11) is 1.80. The van der Waals surface area contributed by atoms with Crippen molar-refractivity contribution in [3.63, 3.8) is 0 Å². The molecule has 0 N–H and O–H groups in total. The van der Waals surface area contributed by atoms with Gasteiger partial charge >= 0.3 is 0 Å². The second-order valence-corrected chi connectivity index (χ2v) is 8.50. The number of para-hydroxylation sites is 1. The highest BCUT2D eigenvalue weighted by molar-refractivity contribution is 5.39. The number of aryl methyl sites for hydroxylation is 2. The van der Waals surface area contributed by atoms with Crippen molar-refractivity contribution >= 4 is 0 Å². The lowest BCUT2D eigenvalue weighted by atomic mass is 9.75. The summed E-state index contributed by atoms with van der Waals surface area (Å²) in [5.74, 6) is 3.30. The van der Waals surface area contributed by atoms with Crippen LogP contribution in [-0.2, 0) is 6.54 Å². The van der Waals surface area contributed by atoms with Crippen molar-refractivity contribution in [1.29, 1.82) is 0 Å². The minimum atomic E-state index is 0.527. The molecule has 7 nitrogen and oxygen atoms in total. The fourth-order valence-corrected chi connectivity index (χ4v) is 5.92. The van der Waals surface area contributed by atoms with Crippen LogP contribution in [0.25, 0.3) is 0 Å². The molecule has 2 aromatic rings. The molecule has 0 spiro atoms. The van der Waals surface area contributed by atoms with Crippen molar-refractivity contribution < 1.29 is 4.74 Å². The highest BCUT2D eigenvalue weighted by atomic mass is 16.5. The van der Waals surface area contributed by atoms with Gasteiger partial charge in [0.15, 0.2) is 0 Å². The van der Waals surface area contributed by atoms with Crippen LogP contribution in [0.2, 0.25) is 0 Å². The molecule has 4 saturated heterocycles. The lowest BCUT2D eigenvalue weighted by Crippen LogP contribution is -2.60. The summed E-state index contributed by atoms with van der Waals surface area (Å²) in [4.78, 5) is 5.52. The first kappa shape index (κ1) is 18.1.